The summed E-state index contributed by atoms with van der Waals surface area (Å²) in [4.78, 5) is 24.1. The van der Waals surface area contributed by atoms with Crippen LogP contribution in [0.5, 0.6) is 0 Å². The van der Waals surface area contributed by atoms with Crippen molar-refractivity contribution in [2.75, 3.05) is 20.1 Å². The molecule has 0 saturated carbocycles. The zero-order valence-corrected chi connectivity index (χ0v) is 16.0. The summed E-state index contributed by atoms with van der Waals surface area (Å²) in [5, 5.41) is 14.4. The van der Waals surface area contributed by atoms with E-state index in [-0.39, 0.29) is 22.7 Å². The van der Waals surface area contributed by atoms with E-state index in [4.69, 9.17) is 4.74 Å². The molecule has 0 aliphatic carbocycles. The van der Waals surface area contributed by atoms with E-state index >= 15 is 0 Å². The molecule has 1 aromatic rings. The maximum Gasteiger partial charge on any atom is 0.410 e. The lowest BCUT2D eigenvalue weighted by molar-refractivity contribution is -0.385. The molecule has 0 spiro atoms. The van der Waals surface area contributed by atoms with Crippen LogP contribution in [0, 0.1) is 17.0 Å². The Morgan fingerprint density at radius 1 is 1.40 bits per heavy atom. The van der Waals surface area contributed by atoms with Gasteiger partial charge in [0.05, 0.1) is 4.92 Å². The van der Waals surface area contributed by atoms with Gasteiger partial charge in [-0.05, 0) is 53.1 Å². The van der Waals surface area contributed by atoms with Crippen molar-refractivity contribution in [1.29, 1.82) is 0 Å². The molecule has 1 unspecified atom stereocenters. The lowest BCUT2D eigenvalue weighted by atomic mass is 10.0. The molecule has 0 radical (unpaired) electrons. The number of rotatable bonds is 7. The van der Waals surface area contributed by atoms with E-state index in [1.165, 1.54) is 0 Å². The van der Waals surface area contributed by atoms with Crippen LogP contribution in [0.25, 0.3) is 0 Å². The number of nitro groups is 1. The normalized spacial score (nSPS) is 12.6. The number of nitro benzene ring substituents is 1. The Bertz CT molecular complexity index is 611. The van der Waals surface area contributed by atoms with Crippen molar-refractivity contribution in [2.24, 2.45) is 0 Å². The van der Waals surface area contributed by atoms with E-state index in [9.17, 15) is 14.9 Å². The smallest absolute Gasteiger partial charge is 0.410 e. The first-order valence-corrected chi connectivity index (χ1v) is 8.43. The maximum atomic E-state index is 11.9. The van der Waals surface area contributed by atoms with Crippen LogP contribution in [-0.4, -0.2) is 41.7 Å². The van der Waals surface area contributed by atoms with Gasteiger partial charge >= 0.3 is 6.09 Å². The standard InChI is InChI=1S/C18H29N3O4/c1-13-8-9-15(12-16(13)21(23)24)14(2)19-10-7-11-20(6)17(22)25-18(3,4)5/h8-9,12,14,19H,7,10-11H2,1-6H3. The number of aryl methyl sites for hydroxylation is 1. The maximum absolute atomic E-state index is 11.9. The third kappa shape index (κ3) is 7.09. The van der Waals surface area contributed by atoms with E-state index in [0.29, 0.717) is 18.7 Å². The summed E-state index contributed by atoms with van der Waals surface area (Å²) in [7, 11) is 1.71. The first-order chi connectivity index (χ1) is 11.5. The van der Waals surface area contributed by atoms with Gasteiger partial charge in [0.25, 0.3) is 5.69 Å². The highest BCUT2D eigenvalue weighted by Crippen LogP contribution is 2.23. The lowest BCUT2D eigenvalue weighted by Crippen LogP contribution is -2.35. The minimum absolute atomic E-state index is 0.00821. The molecule has 0 saturated heterocycles. The minimum atomic E-state index is -0.502. The Morgan fingerprint density at radius 3 is 2.60 bits per heavy atom. The average Bonchev–Trinajstić information content (AvgIpc) is 2.49. The molecular formula is C18H29N3O4. The van der Waals surface area contributed by atoms with Gasteiger partial charge in [-0.1, -0.05) is 12.1 Å². The largest absolute Gasteiger partial charge is 0.444 e. The fourth-order valence-corrected chi connectivity index (χ4v) is 2.28. The fourth-order valence-electron chi connectivity index (χ4n) is 2.28. The van der Waals surface area contributed by atoms with Gasteiger partial charge in [0, 0.05) is 31.3 Å². The zero-order valence-electron chi connectivity index (χ0n) is 16.0. The number of nitrogens with zero attached hydrogens (tertiary/aromatic N) is 2. The molecule has 0 bridgehead atoms. The summed E-state index contributed by atoms with van der Waals surface area (Å²) < 4.78 is 5.30. The molecule has 7 nitrogen and oxygen atoms in total. The Balaban J connectivity index is 2.45. The molecule has 7 heteroatoms. The lowest BCUT2D eigenvalue weighted by Gasteiger charge is -2.24. The van der Waals surface area contributed by atoms with E-state index in [1.807, 2.05) is 33.8 Å². The van der Waals surface area contributed by atoms with Gasteiger partial charge in [-0.3, -0.25) is 10.1 Å². The second-order valence-electron chi connectivity index (χ2n) is 7.23. The number of nitrogens with one attached hydrogen (secondary N) is 1. The van der Waals surface area contributed by atoms with Gasteiger partial charge in [-0.15, -0.1) is 0 Å². The first kappa shape index (κ1) is 20.9. The van der Waals surface area contributed by atoms with Crippen molar-refractivity contribution < 1.29 is 14.5 Å². The minimum Gasteiger partial charge on any atom is -0.444 e. The van der Waals surface area contributed by atoms with Crippen molar-refractivity contribution in [3.63, 3.8) is 0 Å². The Hall–Kier alpha value is -2.15. The second kappa shape index (κ2) is 8.80. The van der Waals surface area contributed by atoms with Gasteiger partial charge in [-0.2, -0.15) is 0 Å². The molecule has 0 aliphatic heterocycles. The molecule has 1 aromatic carbocycles. The quantitative estimate of drug-likeness (QED) is 0.459. The Morgan fingerprint density at radius 2 is 2.04 bits per heavy atom. The van der Waals surface area contributed by atoms with Crippen molar-refractivity contribution in [2.45, 2.75) is 52.7 Å². The molecule has 1 amide bonds. The summed E-state index contributed by atoms with van der Waals surface area (Å²) in [6.07, 6.45) is 0.420. The predicted molar refractivity (Wildman–Crippen MR) is 97.7 cm³/mol. The highest BCUT2D eigenvalue weighted by atomic mass is 16.6. The Kier molecular flexibility index (Phi) is 7.36. The van der Waals surface area contributed by atoms with Gasteiger partial charge in [0.2, 0.25) is 0 Å². The highest BCUT2D eigenvalue weighted by molar-refractivity contribution is 5.67. The monoisotopic (exact) mass is 351 g/mol. The summed E-state index contributed by atoms with van der Waals surface area (Å²) in [5.41, 5.74) is 1.16. The number of amides is 1. The summed E-state index contributed by atoms with van der Waals surface area (Å²) >= 11 is 0. The van der Waals surface area contributed by atoms with E-state index in [0.717, 1.165) is 12.0 Å². The van der Waals surface area contributed by atoms with Gasteiger partial charge in [0.1, 0.15) is 5.60 Å². The van der Waals surface area contributed by atoms with Gasteiger partial charge < -0.3 is 15.0 Å². The number of hydrogen-bond acceptors (Lipinski definition) is 5. The van der Waals surface area contributed by atoms with Crippen LogP contribution in [0.15, 0.2) is 18.2 Å². The number of ether oxygens (including phenoxy) is 1. The second-order valence-corrected chi connectivity index (χ2v) is 7.23. The third-order valence-corrected chi connectivity index (χ3v) is 3.76. The first-order valence-electron chi connectivity index (χ1n) is 8.43. The number of carbonyl (C=O) groups excluding carboxylic acids is 1. The summed E-state index contributed by atoms with van der Waals surface area (Å²) in [6.45, 7) is 10.5. The van der Waals surface area contributed by atoms with E-state index in [2.05, 4.69) is 5.32 Å². The fraction of sp³-hybridized carbons (Fsp3) is 0.611. The molecule has 140 valence electrons. The molecule has 0 heterocycles. The van der Waals surface area contributed by atoms with Crippen LogP contribution in [0.3, 0.4) is 0 Å². The predicted octanol–water partition coefficient (Wildman–Crippen LogP) is 3.81. The Labute approximate surface area is 149 Å². The van der Waals surface area contributed by atoms with Gasteiger partial charge in [0.15, 0.2) is 0 Å². The van der Waals surface area contributed by atoms with E-state index < -0.39 is 5.60 Å². The summed E-state index contributed by atoms with van der Waals surface area (Å²) in [5.74, 6) is 0. The summed E-state index contributed by atoms with van der Waals surface area (Å²) in [6, 6.07) is 5.26. The number of hydrogen-bond donors (Lipinski definition) is 1. The molecular weight excluding hydrogens is 322 g/mol. The van der Waals surface area contributed by atoms with Crippen LogP contribution >= 0.6 is 0 Å². The third-order valence-electron chi connectivity index (χ3n) is 3.76. The molecule has 1 atom stereocenters. The molecule has 0 aliphatic rings. The molecule has 0 aromatic heterocycles. The zero-order chi connectivity index (χ0) is 19.2. The van der Waals surface area contributed by atoms with Crippen molar-refractivity contribution >= 4 is 11.8 Å². The van der Waals surface area contributed by atoms with Crippen molar-refractivity contribution in [3.05, 3.63) is 39.4 Å². The number of carbonyl (C=O) groups is 1. The van der Waals surface area contributed by atoms with Gasteiger partial charge in [-0.25, -0.2) is 4.79 Å². The molecule has 0 fully saturated rings. The van der Waals surface area contributed by atoms with Crippen LogP contribution in [0.2, 0.25) is 0 Å². The van der Waals surface area contributed by atoms with Crippen molar-refractivity contribution in [1.82, 2.24) is 10.2 Å². The molecule has 1 rings (SSSR count). The SMILES string of the molecule is Cc1ccc(C(C)NCCCN(C)C(=O)OC(C)(C)C)cc1[N+](=O)[O-]. The molecule has 25 heavy (non-hydrogen) atoms. The topological polar surface area (TPSA) is 84.7 Å². The van der Waals surface area contributed by atoms with Crippen molar-refractivity contribution in [3.8, 4) is 0 Å². The van der Waals surface area contributed by atoms with Crippen LogP contribution in [0.1, 0.15) is 51.3 Å². The highest BCUT2D eigenvalue weighted by Gasteiger charge is 2.19. The number of benzene rings is 1. The average molecular weight is 351 g/mol. The van der Waals surface area contributed by atoms with E-state index in [1.54, 1.807) is 31.0 Å². The molecule has 1 N–H and O–H groups in total. The van der Waals surface area contributed by atoms with Crippen LogP contribution in [-0.2, 0) is 4.74 Å². The van der Waals surface area contributed by atoms with Crippen LogP contribution in [0.4, 0.5) is 10.5 Å². The van der Waals surface area contributed by atoms with Crippen LogP contribution < -0.4 is 5.32 Å².